The van der Waals surface area contributed by atoms with Crippen LogP contribution in [-0.2, 0) is 4.79 Å². The predicted molar refractivity (Wildman–Crippen MR) is 45.0 cm³/mol. The van der Waals surface area contributed by atoms with E-state index in [0.717, 1.165) is 12.5 Å². The molecule has 0 aromatic carbocycles. The van der Waals surface area contributed by atoms with Gasteiger partial charge in [0.2, 0.25) is 5.91 Å². The highest BCUT2D eigenvalue weighted by Crippen LogP contribution is 2.36. The van der Waals surface area contributed by atoms with E-state index < -0.39 is 0 Å². The zero-order valence-electron chi connectivity index (χ0n) is 7.12. The second-order valence-electron chi connectivity index (χ2n) is 3.83. The normalized spacial score (nSPS) is 34.1. The van der Waals surface area contributed by atoms with E-state index in [9.17, 15) is 4.79 Å². The predicted octanol–water partition coefficient (Wildman–Crippen LogP) is -0.539. The number of hydrazine groups is 1. The average Bonchev–Trinajstić information content (AvgIpc) is 2.64. The lowest BCUT2D eigenvalue weighted by molar-refractivity contribution is -0.122. The third-order valence-corrected chi connectivity index (χ3v) is 3.03. The number of carbonyl (C=O) groups is 1. The number of hydrogen-bond acceptors (Lipinski definition) is 3. The molecule has 1 saturated heterocycles. The third-order valence-electron chi connectivity index (χ3n) is 3.03. The minimum atomic E-state index is -0.0671. The Kier molecular flexibility index (Phi) is 2.02. The Labute approximate surface area is 72.1 Å². The second kappa shape index (κ2) is 3.03. The highest BCUT2D eigenvalue weighted by atomic mass is 16.2. The number of likely N-dealkylation sites (tertiary alicyclic amines) is 1. The van der Waals surface area contributed by atoms with Crippen LogP contribution < -0.4 is 11.3 Å². The molecule has 1 saturated carbocycles. The molecule has 2 rings (SSSR count). The fourth-order valence-electron chi connectivity index (χ4n) is 2.45. The van der Waals surface area contributed by atoms with Crippen LogP contribution >= 0.6 is 0 Å². The number of nitrogens with two attached hydrogens (primary N) is 1. The molecule has 1 aliphatic heterocycles. The number of rotatable bonds is 2. The van der Waals surface area contributed by atoms with Crippen molar-refractivity contribution in [2.24, 2.45) is 11.8 Å². The first-order valence-corrected chi connectivity index (χ1v) is 4.53. The number of hydrogen-bond donors (Lipinski definition) is 2. The lowest BCUT2D eigenvalue weighted by Gasteiger charge is -2.25. The van der Waals surface area contributed by atoms with Gasteiger partial charge in [-0.15, -0.1) is 0 Å². The van der Waals surface area contributed by atoms with Crippen LogP contribution in [0.25, 0.3) is 0 Å². The Hall–Kier alpha value is -0.610. The molecule has 0 aromatic heterocycles. The summed E-state index contributed by atoms with van der Waals surface area (Å²) in [4.78, 5) is 13.2. The maximum absolute atomic E-state index is 11.0. The van der Waals surface area contributed by atoms with Crippen molar-refractivity contribution in [3.05, 3.63) is 0 Å². The number of amides is 1. The summed E-state index contributed by atoms with van der Waals surface area (Å²) in [6.45, 7) is 1.58. The highest BCUT2D eigenvalue weighted by molar-refractivity contribution is 5.77. The van der Waals surface area contributed by atoms with Crippen molar-refractivity contribution < 1.29 is 4.79 Å². The van der Waals surface area contributed by atoms with Gasteiger partial charge in [-0.1, -0.05) is 0 Å². The van der Waals surface area contributed by atoms with Gasteiger partial charge >= 0.3 is 0 Å². The molecule has 1 amide bonds. The van der Waals surface area contributed by atoms with Crippen molar-refractivity contribution in [2.75, 3.05) is 13.1 Å². The SMILES string of the molecule is NNC(=O)CN1CC2CCC1C2. The average molecular weight is 169 g/mol. The molecule has 2 aliphatic rings. The van der Waals surface area contributed by atoms with Crippen LogP contribution in [0.5, 0.6) is 0 Å². The van der Waals surface area contributed by atoms with E-state index in [2.05, 4.69) is 10.3 Å². The molecule has 12 heavy (non-hydrogen) atoms. The van der Waals surface area contributed by atoms with Crippen molar-refractivity contribution in [2.45, 2.75) is 25.3 Å². The quantitative estimate of drug-likeness (QED) is 0.331. The van der Waals surface area contributed by atoms with Gasteiger partial charge in [-0.25, -0.2) is 5.84 Å². The molecule has 2 bridgehead atoms. The zero-order valence-corrected chi connectivity index (χ0v) is 7.12. The van der Waals surface area contributed by atoms with E-state index >= 15 is 0 Å². The molecule has 0 aromatic rings. The van der Waals surface area contributed by atoms with Gasteiger partial charge in [0.15, 0.2) is 0 Å². The Morgan fingerprint density at radius 2 is 2.42 bits per heavy atom. The van der Waals surface area contributed by atoms with E-state index in [0.29, 0.717) is 12.6 Å². The molecule has 3 N–H and O–H groups in total. The van der Waals surface area contributed by atoms with Crippen LogP contribution in [0.15, 0.2) is 0 Å². The number of nitrogens with zero attached hydrogens (tertiary/aromatic N) is 1. The number of nitrogens with one attached hydrogen (secondary N) is 1. The highest BCUT2D eigenvalue weighted by Gasteiger charge is 2.38. The summed E-state index contributed by atoms with van der Waals surface area (Å²) < 4.78 is 0. The van der Waals surface area contributed by atoms with Gasteiger partial charge in [0.1, 0.15) is 0 Å². The molecule has 0 radical (unpaired) electrons. The number of fused-ring (bicyclic) bond motifs is 2. The topological polar surface area (TPSA) is 58.4 Å². The molecule has 4 heteroatoms. The number of carbonyl (C=O) groups excluding carboxylic acids is 1. The van der Waals surface area contributed by atoms with Gasteiger partial charge in [0.05, 0.1) is 6.54 Å². The smallest absolute Gasteiger partial charge is 0.248 e. The maximum atomic E-state index is 11.0. The Bertz CT molecular complexity index is 195. The zero-order chi connectivity index (χ0) is 8.55. The van der Waals surface area contributed by atoms with Gasteiger partial charge in [-0.2, -0.15) is 0 Å². The summed E-state index contributed by atoms with van der Waals surface area (Å²) in [5.41, 5.74) is 2.17. The van der Waals surface area contributed by atoms with Gasteiger partial charge in [0, 0.05) is 12.6 Å². The first-order valence-electron chi connectivity index (χ1n) is 4.53. The summed E-state index contributed by atoms with van der Waals surface area (Å²) in [6, 6.07) is 0.660. The molecule has 4 nitrogen and oxygen atoms in total. The van der Waals surface area contributed by atoms with Crippen LogP contribution in [-0.4, -0.2) is 29.9 Å². The summed E-state index contributed by atoms with van der Waals surface area (Å²) in [5, 5.41) is 0. The van der Waals surface area contributed by atoms with E-state index in [1.165, 1.54) is 19.3 Å². The van der Waals surface area contributed by atoms with E-state index in [1.807, 2.05) is 0 Å². The fourth-order valence-corrected chi connectivity index (χ4v) is 2.45. The lowest BCUT2D eigenvalue weighted by atomic mass is 10.1. The second-order valence-corrected chi connectivity index (χ2v) is 3.83. The van der Waals surface area contributed by atoms with Gasteiger partial charge in [-0.3, -0.25) is 15.1 Å². The van der Waals surface area contributed by atoms with E-state index in [1.54, 1.807) is 0 Å². The van der Waals surface area contributed by atoms with Crippen molar-refractivity contribution in [1.29, 1.82) is 0 Å². The van der Waals surface area contributed by atoms with Crippen molar-refractivity contribution in [3.8, 4) is 0 Å². The molecule has 68 valence electrons. The van der Waals surface area contributed by atoms with E-state index in [4.69, 9.17) is 5.84 Å². The van der Waals surface area contributed by atoms with Crippen molar-refractivity contribution >= 4 is 5.91 Å². The molecule has 2 atom stereocenters. The minimum Gasteiger partial charge on any atom is -0.293 e. The van der Waals surface area contributed by atoms with Crippen LogP contribution in [0.2, 0.25) is 0 Å². The molecule has 2 fully saturated rings. The Morgan fingerprint density at radius 1 is 1.58 bits per heavy atom. The molecular formula is C8H15N3O. The summed E-state index contributed by atoms with van der Waals surface area (Å²) in [5.74, 6) is 5.80. The maximum Gasteiger partial charge on any atom is 0.248 e. The monoisotopic (exact) mass is 169 g/mol. The van der Waals surface area contributed by atoms with Gasteiger partial charge in [-0.05, 0) is 25.2 Å². The fraction of sp³-hybridized carbons (Fsp3) is 0.875. The van der Waals surface area contributed by atoms with Crippen LogP contribution in [0.1, 0.15) is 19.3 Å². The molecule has 0 spiro atoms. The minimum absolute atomic E-state index is 0.0671. The third kappa shape index (κ3) is 1.32. The first-order chi connectivity index (χ1) is 5.79. The van der Waals surface area contributed by atoms with Crippen molar-refractivity contribution in [1.82, 2.24) is 10.3 Å². The Morgan fingerprint density at radius 3 is 2.92 bits per heavy atom. The number of piperidine rings is 1. The van der Waals surface area contributed by atoms with E-state index in [-0.39, 0.29) is 5.91 Å². The molecule has 2 unspecified atom stereocenters. The van der Waals surface area contributed by atoms with Crippen LogP contribution in [0, 0.1) is 5.92 Å². The first kappa shape index (κ1) is 8.01. The van der Waals surface area contributed by atoms with Crippen LogP contribution in [0.4, 0.5) is 0 Å². The standard InChI is InChI=1S/C8H15N3O/c9-10-8(12)5-11-4-6-1-2-7(11)3-6/h6-7H,1-5,9H2,(H,10,12). The lowest BCUT2D eigenvalue weighted by Crippen LogP contribution is -2.43. The molecule has 1 aliphatic carbocycles. The summed E-state index contributed by atoms with van der Waals surface area (Å²) in [7, 11) is 0. The summed E-state index contributed by atoms with van der Waals surface area (Å²) in [6.07, 6.45) is 3.91. The van der Waals surface area contributed by atoms with Gasteiger partial charge < -0.3 is 0 Å². The molecular weight excluding hydrogens is 154 g/mol. The summed E-state index contributed by atoms with van der Waals surface area (Å²) >= 11 is 0. The largest absolute Gasteiger partial charge is 0.293 e. The van der Waals surface area contributed by atoms with Gasteiger partial charge in [0.25, 0.3) is 0 Å². The van der Waals surface area contributed by atoms with Crippen molar-refractivity contribution in [3.63, 3.8) is 0 Å². The van der Waals surface area contributed by atoms with Crippen LogP contribution in [0.3, 0.4) is 0 Å². The Balaban J connectivity index is 1.86. The molecule has 1 heterocycles.